The Morgan fingerprint density at radius 3 is 2.78 bits per heavy atom. The molecule has 0 fully saturated rings. The van der Waals surface area contributed by atoms with Crippen molar-refractivity contribution < 1.29 is 0 Å². The average molecular weight is 281 g/mol. The van der Waals surface area contributed by atoms with Crippen molar-refractivity contribution in [1.29, 1.82) is 0 Å². The molecule has 0 aromatic carbocycles. The van der Waals surface area contributed by atoms with Gasteiger partial charge in [0.2, 0.25) is 0 Å². The number of rotatable bonds is 1. The van der Waals surface area contributed by atoms with E-state index in [-0.39, 0.29) is 5.56 Å². The Hall–Kier alpha value is -1.14. The van der Waals surface area contributed by atoms with Crippen molar-refractivity contribution in [2.45, 2.75) is 25.7 Å². The quantitative estimate of drug-likeness (QED) is 0.815. The van der Waals surface area contributed by atoms with Gasteiger partial charge in [0.05, 0.1) is 5.39 Å². The Balaban J connectivity index is 2.43. The predicted octanol–water partition coefficient (Wildman–Crippen LogP) is 2.20. The van der Waals surface area contributed by atoms with Crippen molar-refractivity contribution in [3.63, 3.8) is 0 Å². The summed E-state index contributed by atoms with van der Waals surface area (Å²) in [4.78, 5) is 18.1. The zero-order chi connectivity index (χ0) is 12.9. The number of thiophene rings is 1. The zero-order valence-corrected chi connectivity index (χ0v) is 12.1. The summed E-state index contributed by atoms with van der Waals surface area (Å²) in [7, 11) is 3.66. The lowest BCUT2D eigenvalue weighted by molar-refractivity contribution is 0.675. The molecule has 96 valence electrons. The maximum absolute atomic E-state index is 12.6. The summed E-state index contributed by atoms with van der Waals surface area (Å²) >= 11 is 6.95. The van der Waals surface area contributed by atoms with E-state index in [9.17, 15) is 4.79 Å². The lowest BCUT2D eigenvalue weighted by Gasteiger charge is -2.16. The minimum absolute atomic E-state index is 0.0122. The van der Waals surface area contributed by atoms with E-state index in [2.05, 4.69) is 4.98 Å². The van der Waals surface area contributed by atoms with Crippen molar-refractivity contribution in [2.75, 3.05) is 19.1 Å². The van der Waals surface area contributed by atoms with Crippen LogP contribution < -0.4 is 10.6 Å². The smallest absolute Gasteiger partial charge is 0.282 e. The molecule has 0 radical (unpaired) electrons. The van der Waals surface area contributed by atoms with Crippen molar-refractivity contribution in [3.05, 3.63) is 25.6 Å². The maximum Gasteiger partial charge on any atom is 0.282 e. The van der Waals surface area contributed by atoms with Gasteiger partial charge in [0.25, 0.3) is 5.56 Å². The standard InChI is InChI=1S/C12H15N3OS2/c1-14(2)15-11(16)9-7-5-3-4-6-8(7)18-10(9)13-12(15)17/h3-6H2,1-2H3,(H,13,17). The first-order valence-electron chi connectivity index (χ1n) is 6.07. The van der Waals surface area contributed by atoms with E-state index >= 15 is 0 Å². The normalized spacial score (nSPS) is 14.8. The van der Waals surface area contributed by atoms with Gasteiger partial charge < -0.3 is 9.99 Å². The van der Waals surface area contributed by atoms with Crippen LogP contribution in [0.2, 0.25) is 0 Å². The predicted molar refractivity (Wildman–Crippen MR) is 78.0 cm³/mol. The molecule has 18 heavy (non-hydrogen) atoms. The van der Waals surface area contributed by atoms with Crippen LogP contribution in [0.1, 0.15) is 23.3 Å². The molecular weight excluding hydrogens is 266 g/mol. The second-order valence-electron chi connectivity index (χ2n) is 4.81. The van der Waals surface area contributed by atoms with E-state index in [0.29, 0.717) is 4.77 Å². The lowest BCUT2D eigenvalue weighted by atomic mass is 9.97. The van der Waals surface area contributed by atoms with Crippen molar-refractivity contribution in [3.8, 4) is 0 Å². The van der Waals surface area contributed by atoms with Crippen molar-refractivity contribution >= 4 is 33.8 Å². The molecule has 0 atom stereocenters. The van der Waals surface area contributed by atoms with Gasteiger partial charge in [-0.05, 0) is 43.5 Å². The second kappa shape index (κ2) is 4.20. The first-order chi connectivity index (χ1) is 8.59. The van der Waals surface area contributed by atoms with Gasteiger partial charge in [-0.2, -0.15) is 4.68 Å². The van der Waals surface area contributed by atoms with E-state index in [0.717, 1.165) is 23.1 Å². The molecule has 0 saturated heterocycles. The number of fused-ring (bicyclic) bond motifs is 3. The summed E-state index contributed by atoms with van der Waals surface area (Å²) in [5.41, 5.74) is 1.26. The minimum atomic E-state index is 0.0122. The fourth-order valence-corrected chi connectivity index (χ4v) is 4.28. The molecule has 1 aliphatic carbocycles. The molecule has 0 saturated carbocycles. The average Bonchev–Trinajstić information content (AvgIpc) is 2.66. The van der Waals surface area contributed by atoms with Crippen LogP contribution >= 0.6 is 23.6 Å². The van der Waals surface area contributed by atoms with Crippen LogP contribution in [0.4, 0.5) is 0 Å². The molecule has 0 bridgehead atoms. The van der Waals surface area contributed by atoms with E-state index in [1.807, 2.05) is 14.1 Å². The van der Waals surface area contributed by atoms with Crippen molar-refractivity contribution in [1.82, 2.24) is 9.66 Å². The fourth-order valence-electron chi connectivity index (χ4n) is 2.59. The molecule has 0 spiro atoms. The third-order valence-corrected chi connectivity index (χ3v) is 4.87. The summed E-state index contributed by atoms with van der Waals surface area (Å²) < 4.78 is 2.00. The lowest BCUT2D eigenvalue weighted by Crippen LogP contribution is -2.37. The molecule has 1 N–H and O–H groups in total. The van der Waals surface area contributed by atoms with Crippen LogP contribution in [-0.4, -0.2) is 23.8 Å². The van der Waals surface area contributed by atoms with Gasteiger partial charge in [-0.15, -0.1) is 11.3 Å². The minimum Gasteiger partial charge on any atom is -0.322 e. The van der Waals surface area contributed by atoms with Crippen LogP contribution in [0.5, 0.6) is 0 Å². The van der Waals surface area contributed by atoms with Gasteiger partial charge in [-0.25, -0.2) is 0 Å². The number of hydrogen-bond donors (Lipinski definition) is 1. The molecule has 1 aliphatic rings. The van der Waals surface area contributed by atoms with E-state index in [1.54, 1.807) is 16.3 Å². The summed E-state index contributed by atoms with van der Waals surface area (Å²) in [5, 5.41) is 2.57. The molecule has 0 amide bonds. The highest BCUT2D eigenvalue weighted by atomic mass is 32.1. The fraction of sp³-hybridized carbons (Fsp3) is 0.500. The van der Waals surface area contributed by atoms with Crippen LogP contribution in [0, 0.1) is 4.77 Å². The molecule has 6 heteroatoms. The second-order valence-corrected chi connectivity index (χ2v) is 6.30. The van der Waals surface area contributed by atoms with Gasteiger partial charge in [-0.1, -0.05) is 0 Å². The Morgan fingerprint density at radius 2 is 2.06 bits per heavy atom. The monoisotopic (exact) mass is 281 g/mol. The van der Waals surface area contributed by atoms with E-state index in [1.165, 1.54) is 28.0 Å². The Morgan fingerprint density at radius 1 is 1.33 bits per heavy atom. The third kappa shape index (κ3) is 1.63. The SMILES string of the molecule is CN(C)n1c(=S)[nH]c2sc3c(c2c1=O)CCCC3. The molecule has 3 rings (SSSR count). The highest BCUT2D eigenvalue weighted by molar-refractivity contribution is 7.71. The summed E-state index contributed by atoms with van der Waals surface area (Å²) in [6, 6.07) is 0. The Kier molecular flexibility index (Phi) is 2.79. The molecule has 2 aromatic heterocycles. The summed E-state index contributed by atoms with van der Waals surface area (Å²) in [6.45, 7) is 0. The number of nitrogens with one attached hydrogen (secondary N) is 1. The summed E-state index contributed by atoms with van der Waals surface area (Å²) in [5.74, 6) is 0. The molecular formula is C12H15N3OS2. The number of nitrogens with zero attached hydrogens (tertiary/aromatic N) is 2. The van der Waals surface area contributed by atoms with E-state index in [4.69, 9.17) is 12.2 Å². The molecule has 2 aromatic rings. The highest BCUT2D eigenvalue weighted by Gasteiger charge is 2.20. The van der Waals surface area contributed by atoms with Crippen LogP contribution in [-0.2, 0) is 12.8 Å². The topological polar surface area (TPSA) is 41.0 Å². The number of aryl methyl sites for hydroxylation is 2. The molecule has 0 unspecified atom stereocenters. The molecule has 2 heterocycles. The van der Waals surface area contributed by atoms with Gasteiger partial charge in [0, 0.05) is 19.0 Å². The van der Waals surface area contributed by atoms with Crippen LogP contribution in [0.3, 0.4) is 0 Å². The summed E-state index contributed by atoms with van der Waals surface area (Å²) in [6.07, 6.45) is 4.51. The maximum atomic E-state index is 12.6. The highest BCUT2D eigenvalue weighted by Crippen LogP contribution is 2.33. The molecule has 4 nitrogen and oxygen atoms in total. The third-order valence-electron chi connectivity index (χ3n) is 3.39. The number of aromatic amines is 1. The van der Waals surface area contributed by atoms with Crippen LogP contribution in [0.25, 0.3) is 10.2 Å². The van der Waals surface area contributed by atoms with Gasteiger partial charge >= 0.3 is 0 Å². The molecule has 0 aliphatic heterocycles. The zero-order valence-electron chi connectivity index (χ0n) is 10.4. The number of H-pyrrole nitrogens is 1. The first kappa shape index (κ1) is 11.9. The van der Waals surface area contributed by atoms with Crippen LogP contribution in [0.15, 0.2) is 4.79 Å². The first-order valence-corrected chi connectivity index (χ1v) is 7.29. The van der Waals surface area contributed by atoms with Gasteiger partial charge in [-0.3, -0.25) is 4.79 Å². The number of hydrogen-bond acceptors (Lipinski definition) is 4. The Bertz CT molecular complexity index is 723. The van der Waals surface area contributed by atoms with Gasteiger partial charge in [0.15, 0.2) is 4.77 Å². The van der Waals surface area contributed by atoms with Crippen molar-refractivity contribution in [2.24, 2.45) is 0 Å². The number of aromatic nitrogens is 2. The largest absolute Gasteiger partial charge is 0.322 e. The van der Waals surface area contributed by atoms with E-state index < -0.39 is 0 Å². The Labute approximate surface area is 114 Å². The van der Waals surface area contributed by atoms with Gasteiger partial charge in [0.1, 0.15) is 4.83 Å².